The minimum atomic E-state index is 0.749. The molecule has 0 spiro atoms. The van der Waals surface area contributed by atoms with Gasteiger partial charge < -0.3 is 9.72 Å². The molecule has 96 valence electrons. The predicted molar refractivity (Wildman–Crippen MR) is 75.2 cm³/mol. The van der Waals surface area contributed by atoms with E-state index in [4.69, 9.17) is 4.74 Å². The van der Waals surface area contributed by atoms with Gasteiger partial charge in [-0.15, -0.1) is 0 Å². The molecule has 1 aromatic heterocycles. The van der Waals surface area contributed by atoms with Gasteiger partial charge in [-0.2, -0.15) is 0 Å². The van der Waals surface area contributed by atoms with Crippen LogP contribution in [0.2, 0.25) is 0 Å². The fraction of sp³-hybridized carbons (Fsp3) is 0.357. The highest BCUT2D eigenvalue weighted by Crippen LogP contribution is 2.15. The van der Waals surface area contributed by atoms with E-state index in [0.29, 0.717) is 0 Å². The molecule has 3 nitrogen and oxygen atoms in total. The molecule has 0 bridgehead atoms. The second kappa shape index (κ2) is 7.11. The van der Waals surface area contributed by atoms with E-state index in [2.05, 4.69) is 29.0 Å². The van der Waals surface area contributed by atoms with Crippen LogP contribution in [0.25, 0.3) is 0 Å². The molecule has 0 saturated carbocycles. The number of imidazole rings is 1. The van der Waals surface area contributed by atoms with E-state index in [1.165, 1.54) is 5.56 Å². The summed E-state index contributed by atoms with van der Waals surface area (Å²) in [7, 11) is 0. The lowest BCUT2D eigenvalue weighted by molar-refractivity contribution is 0.318. The van der Waals surface area contributed by atoms with Crippen molar-refractivity contribution in [3.8, 4) is 5.75 Å². The Kier molecular flexibility index (Phi) is 5.15. The third kappa shape index (κ3) is 4.11. The summed E-state index contributed by atoms with van der Waals surface area (Å²) in [6.45, 7) is 2.90. The van der Waals surface area contributed by atoms with Crippen molar-refractivity contribution in [3.63, 3.8) is 0 Å². The van der Waals surface area contributed by atoms with Gasteiger partial charge in [0, 0.05) is 18.1 Å². The van der Waals surface area contributed by atoms with Crippen molar-refractivity contribution >= 4 is 11.8 Å². The Hall–Kier alpha value is -1.42. The molecule has 2 aromatic rings. The number of benzene rings is 1. The van der Waals surface area contributed by atoms with Crippen molar-refractivity contribution in [1.29, 1.82) is 0 Å². The molecule has 1 N–H and O–H groups in total. The SMILES string of the molecule is CCc1ccc(OCCCSc2ncc[nH]2)cc1. The molecule has 1 aromatic carbocycles. The Morgan fingerprint density at radius 2 is 2.11 bits per heavy atom. The van der Waals surface area contributed by atoms with Crippen LogP contribution in [0.3, 0.4) is 0 Å². The van der Waals surface area contributed by atoms with Crippen LogP contribution >= 0.6 is 11.8 Å². The summed E-state index contributed by atoms with van der Waals surface area (Å²) in [5, 5.41) is 0.974. The molecule has 1 heterocycles. The van der Waals surface area contributed by atoms with Crippen LogP contribution in [-0.2, 0) is 6.42 Å². The molecule has 18 heavy (non-hydrogen) atoms. The predicted octanol–water partition coefficient (Wildman–Crippen LogP) is 3.53. The van der Waals surface area contributed by atoms with E-state index in [9.17, 15) is 0 Å². The molecule has 0 unspecified atom stereocenters. The lowest BCUT2D eigenvalue weighted by atomic mass is 10.2. The van der Waals surface area contributed by atoms with Gasteiger partial charge in [0.05, 0.1) is 6.61 Å². The number of thioether (sulfide) groups is 1. The summed E-state index contributed by atoms with van der Waals surface area (Å²) in [4.78, 5) is 7.23. The van der Waals surface area contributed by atoms with Crippen molar-refractivity contribution in [2.75, 3.05) is 12.4 Å². The van der Waals surface area contributed by atoms with E-state index in [1.807, 2.05) is 18.3 Å². The number of aryl methyl sites for hydroxylation is 1. The summed E-state index contributed by atoms with van der Waals surface area (Å²) >= 11 is 1.72. The van der Waals surface area contributed by atoms with Crippen LogP contribution in [0.4, 0.5) is 0 Å². The lowest BCUT2D eigenvalue weighted by Gasteiger charge is -2.06. The maximum atomic E-state index is 5.68. The number of H-pyrrole nitrogens is 1. The highest BCUT2D eigenvalue weighted by Gasteiger charge is 1.97. The maximum absolute atomic E-state index is 5.68. The van der Waals surface area contributed by atoms with Gasteiger partial charge in [0.25, 0.3) is 0 Å². The fourth-order valence-electron chi connectivity index (χ4n) is 1.57. The van der Waals surface area contributed by atoms with Crippen LogP contribution in [0.15, 0.2) is 41.8 Å². The average Bonchev–Trinajstić information content (AvgIpc) is 2.92. The quantitative estimate of drug-likeness (QED) is 0.612. The number of aromatic nitrogens is 2. The fourth-order valence-corrected chi connectivity index (χ4v) is 2.31. The number of aromatic amines is 1. The van der Waals surface area contributed by atoms with Gasteiger partial charge in [-0.1, -0.05) is 30.8 Å². The highest BCUT2D eigenvalue weighted by atomic mass is 32.2. The number of rotatable bonds is 7. The molecular weight excluding hydrogens is 244 g/mol. The Morgan fingerprint density at radius 1 is 1.28 bits per heavy atom. The van der Waals surface area contributed by atoms with Crippen molar-refractivity contribution in [3.05, 3.63) is 42.2 Å². The summed E-state index contributed by atoms with van der Waals surface area (Å²) in [6, 6.07) is 8.32. The maximum Gasteiger partial charge on any atom is 0.165 e. The molecule has 0 aliphatic carbocycles. The molecule has 0 aliphatic rings. The van der Waals surface area contributed by atoms with Crippen LogP contribution < -0.4 is 4.74 Å². The van der Waals surface area contributed by atoms with Gasteiger partial charge in [-0.25, -0.2) is 4.98 Å². The Balaban J connectivity index is 1.62. The minimum absolute atomic E-state index is 0.749. The van der Waals surface area contributed by atoms with Crippen molar-refractivity contribution in [2.45, 2.75) is 24.9 Å². The van der Waals surface area contributed by atoms with E-state index in [0.717, 1.165) is 36.1 Å². The minimum Gasteiger partial charge on any atom is -0.494 e. The molecule has 0 amide bonds. The first-order valence-corrected chi connectivity index (χ1v) is 7.21. The van der Waals surface area contributed by atoms with Crippen LogP contribution in [0.1, 0.15) is 18.9 Å². The second-order valence-electron chi connectivity index (χ2n) is 3.94. The first-order valence-electron chi connectivity index (χ1n) is 6.22. The van der Waals surface area contributed by atoms with Gasteiger partial charge in [-0.05, 0) is 30.5 Å². The standard InChI is InChI=1S/C14H18N2OS/c1-2-12-4-6-13(7-5-12)17-10-3-11-18-14-15-8-9-16-14/h4-9H,2-3,10-11H2,1H3,(H,15,16). The zero-order valence-electron chi connectivity index (χ0n) is 10.6. The average molecular weight is 262 g/mol. The number of nitrogens with one attached hydrogen (secondary N) is 1. The van der Waals surface area contributed by atoms with Gasteiger partial charge >= 0.3 is 0 Å². The van der Waals surface area contributed by atoms with Crippen molar-refractivity contribution in [1.82, 2.24) is 9.97 Å². The Bertz CT molecular complexity index is 439. The van der Waals surface area contributed by atoms with E-state index >= 15 is 0 Å². The number of ether oxygens (including phenoxy) is 1. The summed E-state index contributed by atoms with van der Waals surface area (Å²) in [5.74, 6) is 1.97. The molecule has 0 aliphatic heterocycles. The molecule has 0 atom stereocenters. The number of nitrogens with zero attached hydrogens (tertiary/aromatic N) is 1. The summed E-state index contributed by atoms with van der Waals surface area (Å²) in [5.41, 5.74) is 1.34. The van der Waals surface area contributed by atoms with E-state index in [-0.39, 0.29) is 0 Å². The largest absolute Gasteiger partial charge is 0.494 e. The first kappa shape index (κ1) is 13.0. The molecule has 2 rings (SSSR count). The molecular formula is C14H18N2OS. The molecule has 0 radical (unpaired) electrons. The third-order valence-corrected chi connectivity index (χ3v) is 3.59. The highest BCUT2D eigenvalue weighted by molar-refractivity contribution is 7.99. The van der Waals surface area contributed by atoms with Crippen molar-refractivity contribution < 1.29 is 4.74 Å². The van der Waals surface area contributed by atoms with Crippen LogP contribution in [0.5, 0.6) is 5.75 Å². The Morgan fingerprint density at radius 3 is 2.78 bits per heavy atom. The zero-order chi connectivity index (χ0) is 12.6. The monoisotopic (exact) mass is 262 g/mol. The Labute approximate surface area is 112 Å². The molecule has 4 heteroatoms. The van der Waals surface area contributed by atoms with Gasteiger partial charge in [0.15, 0.2) is 5.16 Å². The van der Waals surface area contributed by atoms with E-state index in [1.54, 1.807) is 18.0 Å². The van der Waals surface area contributed by atoms with E-state index < -0.39 is 0 Å². The lowest BCUT2D eigenvalue weighted by Crippen LogP contribution is -1.98. The topological polar surface area (TPSA) is 37.9 Å². The number of hydrogen-bond acceptors (Lipinski definition) is 3. The molecule has 0 fully saturated rings. The van der Waals surface area contributed by atoms with Crippen LogP contribution in [-0.4, -0.2) is 22.3 Å². The van der Waals surface area contributed by atoms with Gasteiger partial charge in [0.1, 0.15) is 5.75 Å². The van der Waals surface area contributed by atoms with Crippen molar-refractivity contribution in [2.24, 2.45) is 0 Å². The van der Waals surface area contributed by atoms with Gasteiger partial charge in [0.2, 0.25) is 0 Å². The number of hydrogen-bond donors (Lipinski definition) is 1. The third-order valence-electron chi connectivity index (χ3n) is 2.60. The molecule has 0 saturated heterocycles. The first-order chi connectivity index (χ1) is 8.88. The zero-order valence-corrected chi connectivity index (χ0v) is 11.4. The smallest absolute Gasteiger partial charge is 0.165 e. The second-order valence-corrected chi connectivity index (χ2v) is 5.03. The van der Waals surface area contributed by atoms with Crippen LogP contribution in [0, 0.1) is 0 Å². The van der Waals surface area contributed by atoms with Gasteiger partial charge in [-0.3, -0.25) is 0 Å². The summed E-state index contributed by atoms with van der Waals surface area (Å²) in [6.07, 6.45) is 5.70. The summed E-state index contributed by atoms with van der Waals surface area (Å²) < 4.78 is 5.68. The normalized spacial score (nSPS) is 10.5.